The van der Waals surface area contributed by atoms with E-state index in [1.807, 2.05) is 0 Å². The number of carboxylic acids is 1. The van der Waals surface area contributed by atoms with E-state index in [1.165, 1.54) is 24.6 Å². The summed E-state index contributed by atoms with van der Waals surface area (Å²) < 4.78 is 0. The summed E-state index contributed by atoms with van der Waals surface area (Å²) in [5.74, 6) is -1.22. The minimum absolute atomic E-state index is 0.0278. The summed E-state index contributed by atoms with van der Waals surface area (Å²) in [6, 6.07) is 2.83. The monoisotopic (exact) mass is 150 g/mol. The van der Waals surface area contributed by atoms with Crippen molar-refractivity contribution in [2.24, 2.45) is 0 Å². The maximum Gasteiger partial charge on any atom is 0.355 e. The van der Waals surface area contributed by atoms with E-state index in [9.17, 15) is 9.59 Å². The van der Waals surface area contributed by atoms with Crippen LogP contribution >= 0.6 is 0 Å². The van der Waals surface area contributed by atoms with Crippen LogP contribution in [0.3, 0.4) is 0 Å². The summed E-state index contributed by atoms with van der Waals surface area (Å²) >= 11 is 0. The molecule has 1 aromatic heterocycles. The van der Waals surface area contributed by atoms with Crippen molar-refractivity contribution in [1.29, 1.82) is 0 Å². The summed E-state index contributed by atoms with van der Waals surface area (Å²) in [4.78, 5) is 23.9. The first-order chi connectivity index (χ1) is 5.25. The predicted octanol–water partition coefficient (Wildman–Crippen LogP) is 0.238. The normalized spacial score (nSPS) is 9.09. The van der Waals surface area contributed by atoms with E-state index in [1.54, 1.807) is 0 Å². The molecule has 0 unspecified atom stereocenters. The Bertz CT molecular complexity index is 295. The molecule has 1 radical (unpaired) electrons. The second-order valence-electron chi connectivity index (χ2n) is 1.81. The highest BCUT2D eigenvalue weighted by Gasteiger charge is 2.09. The van der Waals surface area contributed by atoms with Gasteiger partial charge >= 0.3 is 5.97 Å². The van der Waals surface area contributed by atoms with Crippen molar-refractivity contribution in [3.8, 4) is 0 Å². The van der Waals surface area contributed by atoms with E-state index in [-0.39, 0.29) is 11.3 Å². The van der Waals surface area contributed by atoms with Crippen LogP contribution in [0.5, 0.6) is 0 Å². The van der Waals surface area contributed by atoms with Crippen molar-refractivity contribution in [3.63, 3.8) is 0 Å². The first kappa shape index (κ1) is 7.40. The molecule has 11 heavy (non-hydrogen) atoms. The molecular weight excluding hydrogens is 146 g/mol. The third-order valence-corrected chi connectivity index (χ3v) is 1.12. The van der Waals surface area contributed by atoms with Gasteiger partial charge in [0, 0.05) is 6.20 Å². The summed E-state index contributed by atoms with van der Waals surface area (Å²) in [6.45, 7) is 0. The number of hydrogen-bond donors (Lipinski definition) is 1. The quantitative estimate of drug-likeness (QED) is 0.655. The number of carbonyl (C=O) groups is 1. The van der Waals surface area contributed by atoms with Crippen molar-refractivity contribution < 1.29 is 14.7 Å². The van der Waals surface area contributed by atoms with Gasteiger partial charge in [-0.3, -0.25) is 4.79 Å². The van der Waals surface area contributed by atoms with Crippen molar-refractivity contribution in [3.05, 3.63) is 29.6 Å². The number of nitrogens with zero attached hydrogens (tertiary/aromatic N) is 1. The minimum atomic E-state index is -1.22. The van der Waals surface area contributed by atoms with Gasteiger partial charge in [0.1, 0.15) is 0 Å². The molecule has 0 atom stereocenters. The first-order valence-electron chi connectivity index (χ1n) is 2.82. The van der Waals surface area contributed by atoms with E-state index in [0.717, 1.165) is 0 Å². The average molecular weight is 150 g/mol. The molecule has 1 aromatic rings. The summed E-state index contributed by atoms with van der Waals surface area (Å²) in [7, 11) is 0. The van der Waals surface area contributed by atoms with Gasteiger partial charge < -0.3 is 5.11 Å². The molecule has 4 nitrogen and oxygen atoms in total. The molecule has 55 valence electrons. The molecule has 4 heteroatoms. The van der Waals surface area contributed by atoms with E-state index >= 15 is 0 Å². The largest absolute Gasteiger partial charge is 0.476 e. The van der Waals surface area contributed by atoms with Gasteiger partial charge in [0.25, 0.3) is 0 Å². The van der Waals surface area contributed by atoms with E-state index < -0.39 is 5.97 Å². The average Bonchev–Trinajstić information content (AvgIpc) is 2.04. The van der Waals surface area contributed by atoms with Crippen molar-refractivity contribution in [2.75, 3.05) is 0 Å². The number of rotatable bonds is 2. The Morgan fingerprint density at radius 3 is 2.82 bits per heavy atom. The highest BCUT2D eigenvalue weighted by molar-refractivity contribution is 5.95. The van der Waals surface area contributed by atoms with Crippen LogP contribution < -0.4 is 0 Å². The van der Waals surface area contributed by atoms with Crippen LogP contribution in [0, 0.1) is 0 Å². The number of pyridine rings is 1. The van der Waals surface area contributed by atoms with Crippen LogP contribution in [0.4, 0.5) is 0 Å². The molecular formula is C7H4NO3. The molecule has 0 saturated heterocycles. The molecule has 0 amide bonds. The van der Waals surface area contributed by atoms with Crippen LogP contribution in [0.25, 0.3) is 0 Å². The summed E-state index contributed by atoms with van der Waals surface area (Å²) in [5.41, 5.74) is -0.289. The zero-order valence-corrected chi connectivity index (χ0v) is 5.44. The topological polar surface area (TPSA) is 67.3 Å². The van der Waals surface area contributed by atoms with Gasteiger partial charge in [0.15, 0.2) is 5.69 Å². The molecule has 0 aliphatic heterocycles. The fourth-order valence-electron chi connectivity index (χ4n) is 0.658. The van der Waals surface area contributed by atoms with Crippen molar-refractivity contribution in [2.45, 2.75) is 0 Å². The van der Waals surface area contributed by atoms with E-state index in [4.69, 9.17) is 5.11 Å². The lowest BCUT2D eigenvalue weighted by atomic mass is 10.2. The molecule has 0 fully saturated rings. The Morgan fingerprint density at radius 2 is 2.36 bits per heavy atom. The number of aromatic nitrogens is 1. The lowest BCUT2D eigenvalue weighted by Crippen LogP contribution is -2.04. The van der Waals surface area contributed by atoms with Gasteiger partial charge in [-0.2, -0.15) is 0 Å². The second-order valence-corrected chi connectivity index (χ2v) is 1.81. The molecule has 0 saturated carbocycles. The Balaban J connectivity index is 3.22. The molecule has 0 aliphatic carbocycles. The van der Waals surface area contributed by atoms with E-state index in [0.29, 0.717) is 0 Å². The Kier molecular flexibility index (Phi) is 1.96. The van der Waals surface area contributed by atoms with Gasteiger partial charge in [-0.25, -0.2) is 9.78 Å². The summed E-state index contributed by atoms with van der Waals surface area (Å²) in [5, 5.41) is 8.46. The van der Waals surface area contributed by atoms with E-state index in [2.05, 4.69) is 4.98 Å². The maximum atomic E-state index is 10.3. The third-order valence-electron chi connectivity index (χ3n) is 1.12. The van der Waals surface area contributed by atoms with Gasteiger partial charge in [-0.1, -0.05) is 0 Å². The summed E-state index contributed by atoms with van der Waals surface area (Å²) in [6.07, 6.45) is 2.79. The Labute approximate surface area is 62.5 Å². The standard InChI is InChI=1S/C7H4NO3/c9-4-5-2-1-3-8-6(5)7(10)11/h1-3H,(H,10,11). The molecule has 1 heterocycles. The fourth-order valence-corrected chi connectivity index (χ4v) is 0.658. The molecule has 1 rings (SSSR count). The smallest absolute Gasteiger partial charge is 0.355 e. The van der Waals surface area contributed by atoms with Crippen LogP contribution in [0.1, 0.15) is 16.1 Å². The highest BCUT2D eigenvalue weighted by Crippen LogP contribution is 2.00. The third kappa shape index (κ3) is 1.40. The minimum Gasteiger partial charge on any atom is -0.476 e. The highest BCUT2D eigenvalue weighted by atomic mass is 16.4. The predicted molar refractivity (Wildman–Crippen MR) is 36.0 cm³/mol. The lowest BCUT2D eigenvalue weighted by Gasteiger charge is -1.93. The molecule has 0 bridgehead atoms. The van der Waals surface area contributed by atoms with Crippen LogP contribution in [0.2, 0.25) is 0 Å². The molecule has 1 N–H and O–H groups in total. The van der Waals surface area contributed by atoms with Crippen LogP contribution in [-0.4, -0.2) is 22.3 Å². The number of aromatic carboxylic acids is 1. The zero-order valence-electron chi connectivity index (χ0n) is 5.44. The fraction of sp³-hybridized carbons (Fsp3) is 0. The van der Waals surface area contributed by atoms with Gasteiger partial charge in [-0.15, -0.1) is 0 Å². The maximum absolute atomic E-state index is 10.3. The SMILES string of the molecule is O=[C]c1cccnc1C(=O)O. The van der Waals surface area contributed by atoms with Crippen LogP contribution in [0.15, 0.2) is 18.3 Å². The molecule has 0 aliphatic rings. The first-order valence-corrected chi connectivity index (χ1v) is 2.82. The van der Waals surface area contributed by atoms with Gasteiger partial charge in [0.2, 0.25) is 6.29 Å². The van der Waals surface area contributed by atoms with Gasteiger partial charge in [0.05, 0.1) is 5.56 Å². The van der Waals surface area contributed by atoms with Crippen molar-refractivity contribution in [1.82, 2.24) is 4.98 Å². The molecule has 0 spiro atoms. The van der Waals surface area contributed by atoms with Gasteiger partial charge in [-0.05, 0) is 12.1 Å². The Hall–Kier alpha value is -1.71. The lowest BCUT2D eigenvalue weighted by molar-refractivity contribution is 0.0690. The van der Waals surface area contributed by atoms with Crippen LogP contribution in [-0.2, 0) is 4.79 Å². The zero-order chi connectivity index (χ0) is 8.27. The Morgan fingerprint density at radius 1 is 1.64 bits per heavy atom. The molecule has 0 aromatic carbocycles. The van der Waals surface area contributed by atoms with Crippen molar-refractivity contribution >= 4 is 12.3 Å². The second kappa shape index (κ2) is 2.92. The number of carbonyl (C=O) groups excluding carboxylic acids is 1. The number of hydrogen-bond acceptors (Lipinski definition) is 3. The number of carboxylic acid groups (broad SMARTS) is 1.